The maximum Gasteiger partial charge on any atom is 0.0465 e. The third-order valence-corrected chi connectivity index (χ3v) is 4.81. The smallest absolute Gasteiger partial charge is 0.0465 e. The van der Waals surface area contributed by atoms with Crippen LogP contribution in [0.1, 0.15) is 0 Å². The number of benzene rings is 4. The Morgan fingerprint density at radius 2 is 1.04 bits per heavy atom. The summed E-state index contributed by atoms with van der Waals surface area (Å²) in [6.07, 6.45) is 0. The zero-order valence-corrected chi connectivity index (χ0v) is 13.7. The number of rotatable bonds is 2. The molecule has 1 heteroatoms. The van der Waals surface area contributed by atoms with Crippen LogP contribution in [0.5, 0.6) is 0 Å². The first kappa shape index (κ1) is 14.1. The Morgan fingerprint density at radius 3 is 1.92 bits per heavy atom. The number of aromatic amines is 1. The lowest BCUT2D eigenvalue weighted by atomic mass is 9.98. The quantitative estimate of drug-likeness (QED) is 0.374. The van der Waals surface area contributed by atoms with E-state index in [9.17, 15) is 0 Å². The molecule has 0 saturated carbocycles. The molecule has 1 heterocycles. The van der Waals surface area contributed by atoms with Crippen molar-refractivity contribution in [1.82, 2.24) is 4.98 Å². The Hall–Kier alpha value is -3.32. The van der Waals surface area contributed by atoms with Gasteiger partial charge in [0.15, 0.2) is 0 Å². The van der Waals surface area contributed by atoms with Crippen molar-refractivity contribution in [1.29, 1.82) is 0 Å². The molecule has 0 unspecified atom stereocenters. The third-order valence-electron chi connectivity index (χ3n) is 4.81. The standard InChI is InChI=1S/C24H17N/c1-2-7-17(8-3-1)18-9-6-10-19(15-18)20-13-14-24-22(16-20)21-11-4-5-12-23(21)25-24/h1-16,25H. The molecule has 0 bridgehead atoms. The van der Waals surface area contributed by atoms with Crippen molar-refractivity contribution in [2.24, 2.45) is 0 Å². The molecule has 0 atom stereocenters. The van der Waals surface area contributed by atoms with Crippen LogP contribution in [0.3, 0.4) is 0 Å². The monoisotopic (exact) mass is 319 g/mol. The molecule has 0 aliphatic carbocycles. The SMILES string of the molecule is c1ccc(-c2cccc(-c3ccc4[nH]c5ccccc5c4c3)c2)cc1. The Balaban J connectivity index is 1.67. The van der Waals surface area contributed by atoms with E-state index < -0.39 is 0 Å². The van der Waals surface area contributed by atoms with Crippen LogP contribution in [0.15, 0.2) is 97.1 Å². The number of hydrogen-bond donors (Lipinski definition) is 1. The Kier molecular flexibility index (Phi) is 3.17. The average Bonchev–Trinajstić information content (AvgIpc) is 3.07. The first-order valence-corrected chi connectivity index (χ1v) is 8.55. The van der Waals surface area contributed by atoms with Crippen LogP contribution in [0.2, 0.25) is 0 Å². The molecule has 1 N–H and O–H groups in total. The topological polar surface area (TPSA) is 15.8 Å². The van der Waals surface area contributed by atoms with Crippen LogP contribution >= 0.6 is 0 Å². The van der Waals surface area contributed by atoms with E-state index >= 15 is 0 Å². The van der Waals surface area contributed by atoms with E-state index in [1.165, 1.54) is 44.1 Å². The first-order chi connectivity index (χ1) is 12.4. The molecule has 0 aliphatic heterocycles. The molecule has 0 aliphatic rings. The summed E-state index contributed by atoms with van der Waals surface area (Å²) in [5, 5.41) is 2.55. The summed E-state index contributed by atoms with van der Waals surface area (Å²) in [5.41, 5.74) is 7.36. The molecule has 0 fully saturated rings. The van der Waals surface area contributed by atoms with Crippen LogP contribution in [-0.2, 0) is 0 Å². The average molecular weight is 319 g/mol. The van der Waals surface area contributed by atoms with Crippen molar-refractivity contribution >= 4 is 21.8 Å². The van der Waals surface area contributed by atoms with Gasteiger partial charge in [0, 0.05) is 21.8 Å². The van der Waals surface area contributed by atoms with Crippen molar-refractivity contribution in [3.05, 3.63) is 97.1 Å². The molecule has 0 radical (unpaired) electrons. The fourth-order valence-electron chi connectivity index (χ4n) is 3.54. The molecule has 4 aromatic carbocycles. The lowest BCUT2D eigenvalue weighted by Crippen LogP contribution is -1.81. The largest absolute Gasteiger partial charge is 0.355 e. The van der Waals surface area contributed by atoms with Gasteiger partial charge < -0.3 is 4.98 Å². The van der Waals surface area contributed by atoms with Crippen LogP contribution in [0.4, 0.5) is 0 Å². The summed E-state index contributed by atoms with van der Waals surface area (Å²) in [6, 6.07) is 34.4. The fraction of sp³-hybridized carbons (Fsp3) is 0. The van der Waals surface area contributed by atoms with Crippen molar-refractivity contribution in [2.75, 3.05) is 0 Å². The highest BCUT2D eigenvalue weighted by atomic mass is 14.7. The maximum absolute atomic E-state index is 3.49. The van der Waals surface area contributed by atoms with Gasteiger partial charge in [-0.1, -0.05) is 72.8 Å². The molecule has 5 aromatic rings. The van der Waals surface area contributed by atoms with Crippen molar-refractivity contribution in [2.45, 2.75) is 0 Å². The lowest BCUT2D eigenvalue weighted by molar-refractivity contribution is 1.54. The number of hydrogen-bond acceptors (Lipinski definition) is 0. The highest BCUT2D eigenvalue weighted by Gasteiger charge is 2.06. The molecule has 1 aromatic heterocycles. The van der Waals surface area contributed by atoms with E-state index in [0.717, 1.165) is 0 Å². The van der Waals surface area contributed by atoms with E-state index in [0.29, 0.717) is 0 Å². The molecule has 118 valence electrons. The summed E-state index contributed by atoms with van der Waals surface area (Å²) >= 11 is 0. The van der Waals surface area contributed by atoms with Gasteiger partial charge in [-0.3, -0.25) is 0 Å². The predicted molar refractivity (Wildman–Crippen MR) is 107 cm³/mol. The first-order valence-electron chi connectivity index (χ1n) is 8.55. The zero-order valence-electron chi connectivity index (χ0n) is 13.7. The number of aromatic nitrogens is 1. The lowest BCUT2D eigenvalue weighted by Gasteiger charge is -2.06. The van der Waals surface area contributed by atoms with E-state index in [1.54, 1.807) is 0 Å². The highest BCUT2D eigenvalue weighted by molar-refractivity contribution is 6.08. The van der Waals surface area contributed by atoms with Crippen molar-refractivity contribution in [3.8, 4) is 22.3 Å². The zero-order chi connectivity index (χ0) is 16.6. The molecular weight excluding hydrogens is 302 g/mol. The van der Waals surface area contributed by atoms with Gasteiger partial charge in [-0.25, -0.2) is 0 Å². The fourth-order valence-corrected chi connectivity index (χ4v) is 3.54. The second kappa shape index (κ2) is 5.64. The number of para-hydroxylation sites is 1. The third kappa shape index (κ3) is 2.41. The second-order valence-electron chi connectivity index (χ2n) is 6.38. The maximum atomic E-state index is 3.49. The molecular formula is C24H17N. The van der Waals surface area contributed by atoms with Crippen LogP contribution in [-0.4, -0.2) is 4.98 Å². The van der Waals surface area contributed by atoms with E-state index in [4.69, 9.17) is 0 Å². The van der Waals surface area contributed by atoms with Gasteiger partial charge in [0.1, 0.15) is 0 Å². The Morgan fingerprint density at radius 1 is 0.400 bits per heavy atom. The molecule has 1 nitrogen and oxygen atoms in total. The summed E-state index contributed by atoms with van der Waals surface area (Å²) in [4.78, 5) is 3.49. The van der Waals surface area contributed by atoms with E-state index in [1.807, 2.05) is 0 Å². The summed E-state index contributed by atoms with van der Waals surface area (Å²) < 4.78 is 0. The van der Waals surface area contributed by atoms with Crippen LogP contribution in [0, 0.1) is 0 Å². The van der Waals surface area contributed by atoms with Gasteiger partial charge in [0.2, 0.25) is 0 Å². The Labute approximate surface area is 146 Å². The van der Waals surface area contributed by atoms with Crippen LogP contribution in [0.25, 0.3) is 44.1 Å². The molecule has 5 rings (SSSR count). The molecule has 25 heavy (non-hydrogen) atoms. The van der Waals surface area contributed by atoms with Gasteiger partial charge in [0.25, 0.3) is 0 Å². The van der Waals surface area contributed by atoms with Crippen LogP contribution < -0.4 is 0 Å². The molecule has 0 saturated heterocycles. The minimum atomic E-state index is 1.18. The van der Waals surface area contributed by atoms with Gasteiger partial charge in [-0.2, -0.15) is 0 Å². The predicted octanol–water partition coefficient (Wildman–Crippen LogP) is 6.66. The summed E-state index contributed by atoms with van der Waals surface area (Å²) in [7, 11) is 0. The Bertz CT molecular complexity index is 1180. The second-order valence-corrected chi connectivity index (χ2v) is 6.38. The van der Waals surface area contributed by atoms with Gasteiger partial charge in [0.05, 0.1) is 0 Å². The normalized spacial score (nSPS) is 11.2. The summed E-state index contributed by atoms with van der Waals surface area (Å²) in [6.45, 7) is 0. The number of nitrogens with one attached hydrogen (secondary N) is 1. The minimum Gasteiger partial charge on any atom is -0.355 e. The van der Waals surface area contributed by atoms with Gasteiger partial charge >= 0.3 is 0 Å². The van der Waals surface area contributed by atoms with Crippen molar-refractivity contribution in [3.63, 3.8) is 0 Å². The van der Waals surface area contributed by atoms with E-state index in [2.05, 4.69) is 102 Å². The number of H-pyrrole nitrogens is 1. The minimum absolute atomic E-state index is 1.18. The highest BCUT2D eigenvalue weighted by Crippen LogP contribution is 2.31. The van der Waals surface area contributed by atoms with Gasteiger partial charge in [-0.15, -0.1) is 0 Å². The summed E-state index contributed by atoms with van der Waals surface area (Å²) in [5.74, 6) is 0. The van der Waals surface area contributed by atoms with Crippen molar-refractivity contribution < 1.29 is 0 Å². The van der Waals surface area contributed by atoms with Gasteiger partial charge in [-0.05, 0) is 46.5 Å². The van der Waals surface area contributed by atoms with E-state index in [-0.39, 0.29) is 0 Å². The molecule has 0 amide bonds. The number of fused-ring (bicyclic) bond motifs is 3. The molecule has 0 spiro atoms.